The molecule has 0 radical (unpaired) electrons. The minimum Gasteiger partial charge on any atom is -0.481 e. The van der Waals surface area contributed by atoms with Crippen molar-refractivity contribution in [1.82, 2.24) is 10.2 Å². The van der Waals surface area contributed by atoms with E-state index in [-0.39, 0.29) is 17.7 Å². The van der Waals surface area contributed by atoms with Gasteiger partial charge in [-0.3, -0.25) is 19.6 Å². The number of nitrogens with zero attached hydrogens (tertiary/aromatic N) is 3. The number of aliphatic imine (C=N–C) groups is 2. The molecule has 208 valence electrons. The van der Waals surface area contributed by atoms with E-state index in [4.69, 9.17) is 15.1 Å². The Bertz CT molecular complexity index is 1140. The summed E-state index contributed by atoms with van der Waals surface area (Å²) in [5.41, 5.74) is 2.72. The summed E-state index contributed by atoms with van der Waals surface area (Å²) in [6.07, 6.45) is 22.5. The van der Waals surface area contributed by atoms with Gasteiger partial charge in [-0.25, -0.2) is 0 Å². The van der Waals surface area contributed by atoms with E-state index in [1.807, 2.05) is 55.8 Å². The molecule has 1 aliphatic rings. The molecular formula is C32H42N4O3. The number of carbonyl (C=O) groups excluding carboxylic acids is 1. The summed E-state index contributed by atoms with van der Waals surface area (Å²) in [5.74, 6) is -1.11. The number of nitrogens with one attached hydrogen (secondary N) is 1. The number of carboxylic acids is 1. The maximum Gasteiger partial charge on any atom is 0.306 e. The Morgan fingerprint density at radius 3 is 2.74 bits per heavy atom. The maximum atomic E-state index is 12.9. The molecule has 2 N–H and O–H groups in total. The van der Waals surface area contributed by atoms with E-state index in [0.717, 1.165) is 25.1 Å². The summed E-state index contributed by atoms with van der Waals surface area (Å²) in [6.45, 7) is 11.4. The van der Waals surface area contributed by atoms with Crippen LogP contribution in [-0.2, 0) is 4.79 Å². The summed E-state index contributed by atoms with van der Waals surface area (Å²) in [6, 6.07) is 5.39. The van der Waals surface area contributed by atoms with Gasteiger partial charge in [0.1, 0.15) is 0 Å². The van der Waals surface area contributed by atoms with Gasteiger partial charge in [0.2, 0.25) is 0 Å². The fourth-order valence-corrected chi connectivity index (χ4v) is 3.87. The smallest absolute Gasteiger partial charge is 0.306 e. The standard InChI is InChI=1S/C32H42N4O3/c1-5-7-8-12-21-36(6-2)22-20-33-31(37)28-18-19-29(34-24-27-16-10-9-11-17-27)30(23-28)35-26(4)15-13-14-25(3)32(38)39/h5,7-12,16,18-19,21,23-25,27H,1,6,13-15,17,20,22H2,2-4H3,(H,33,37)(H,38,39)/b8-7-,21-12+,34-24?,35-26?. The molecule has 0 aromatic heterocycles. The Morgan fingerprint density at radius 2 is 2.05 bits per heavy atom. The van der Waals surface area contributed by atoms with Crippen molar-refractivity contribution in [2.45, 2.75) is 46.5 Å². The highest BCUT2D eigenvalue weighted by atomic mass is 16.4. The molecule has 7 nitrogen and oxygen atoms in total. The van der Waals surface area contributed by atoms with Crippen LogP contribution in [0.2, 0.25) is 0 Å². The monoisotopic (exact) mass is 530 g/mol. The van der Waals surface area contributed by atoms with Gasteiger partial charge in [0, 0.05) is 43.0 Å². The first-order chi connectivity index (χ1) is 18.8. The van der Waals surface area contributed by atoms with Crippen LogP contribution in [0.15, 0.2) is 89.6 Å². The molecule has 0 saturated carbocycles. The number of aliphatic carboxylic acids is 1. The Kier molecular flexibility index (Phi) is 14.0. The fourth-order valence-electron chi connectivity index (χ4n) is 3.87. The average Bonchev–Trinajstić information content (AvgIpc) is 2.93. The number of amides is 1. The predicted octanol–water partition coefficient (Wildman–Crippen LogP) is 6.81. The molecule has 2 unspecified atom stereocenters. The first kappa shape index (κ1) is 31.2. The third kappa shape index (κ3) is 11.9. The minimum atomic E-state index is -0.783. The Hall–Kier alpha value is -4.00. The lowest BCUT2D eigenvalue weighted by Gasteiger charge is -2.18. The van der Waals surface area contributed by atoms with E-state index < -0.39 is 5.97 Å². The number of carboxylic acid groups (broad SMARTS) is 1. The van der Waals surface area contributed by atoms with Crippen LogP contribution in [0.3, 0.4) is 0 Å². The number of rotatable bonds is 16. The highest BCUT2D eigenvalue weighted by Gasteiger charge is 2.12. The van der Waals surface area contributed by atoms with E-state index in [2.05, 4.69) is 35.9 Å². The van der Waals surface area contributed by atoms with Gasteiger partial charge in [0.15, 0.2) is 0 Å². The van der Waals surface area contributed by atoms with E-state index in [0.29, 0.717) is 42.9 Å². The van der Waals surface area contributed by atoms with Gasteiger partial charge in [-0.1, -0.05) is 56.0 Å². The van der Waals surface area contributed by atoms with Crippen molar-refractivity contribution < 1.29 is 14.7 Å². The van der Waals surface area contributed by atoms with Crippen molar-refractivity contribution in [3.8, 4) is 0 Å². The van der Waals surface area contributed by atoms with Gasteiger partial charge in [-0.15, -0.1) is 0 Å². The van der Waals surface area contributed by atoms with Crippen molar-refractivity contribution in [2.75, 3.05) is 19.6 Å². The number of hydrogen-bond donors (Lipinski definition) is 2. The summed E-state index contributed by atoms with van der Waals surface area (Å²) < 4.78 is 0. The number of likely N-dealkylation sites (N-methyl/N-ethyl adjacent to an activating group) is 1. The molecule has 0 saturated heterocycles. The number of carbonyl (C=O) groups is 2. The maximum absolute atomic E-state index is 12.9. The van der Waals surface area contributed by atoms with Crippen LogP contribution in [0.25, 0.3) is 0 Å². The molecule has 0 bridgehead atoms. The average molecular weight is 531 g/mol. The third-order valence-corrected chi connectivity index (χ3v) is 6.31. The van der Waals surface area contributed by atoms with Crippen molar-refractivity contribution >= 4 is 35.2 Å². The van der Waals surface area contributed by atoms with Gasteiger partial charge in [0.05, 0.1) is 17.3 Å². The van der Waals surface area contributed by atoms with Gasteiger partial charge in [-0.2, -0.15) is 0 Å². The first-order valence-electron chi connectivity index (χ1n) is 13.6. The van der Waals surface area contributed by atoms with Crippen LogP contribution in [0.5, 0.6) is 0 Å². The Balaban J connectivity index is 2.13. The van der Waals surface area contributed by atoms with Crippen molar-refractivity contribution in [2.24, 2.45) is 21.8 Å². The Morgan fingerprint density at radius 1 is 1.23 bits per heavy atom. The number of hydrogen-bond acceptors (Lipinski definition) is 5. The van der Waals surface area contributed by atoms with Crippen molar-refractivity contribution in [3.63, 3.8) is 0 Å². The molecule has 0 spiro atoms. The Labute approximate surface area is 233 Å². The highest BCUT2D eigenvalue weighted by Crippen LogP contribution is 2.30. The minimum absolute atomic E-state index is 0.165. The van der Waals surface area contributed by atoms with Crippen LogP contribution in [-0.4, -0.2) is 53.4 Å². The zero-order chi connectivity index (χ0) is 28.5. The summed E-state index contributed by atoms with van der Waals surface area (Å²) >= 11 is 0. The SMILES string of the molecule is C=C/C=C\C=C\N(CC)CCNC(=O)c1ccc(N=CC2C=CC=CC2)c(N=C(C)CCCC(C)C(=O)O)c1. The van der Waals surface area contributed by atoms with Crippen LogP contribution < -0.4 is 5.32 Å². The molecule has 0 heterocycles. The van der Waals surface area contributed by atoms with E-state index in [1.54, 1.807) is 25.1 Å². The topological polar surface area (TPSA) is 94.4 Å². The van der Waals surface area contributed by atoms with E-state index in [1.165, 1.54) is 0 Å². The molecule has 1 aromatic carbocycles. The molecule has 0 fully saturated rings. The molecule has 1 amide bonds. The molecule has 39 heavy (non-hydrogen) atoms. The van der Waals surface area contributed by atoms with E-state index >= 15 is 0 Å². The fraction of sp³-hybridized carbons (Fsp3) is 0.375. The van der Waals surface area contributed by atoms with Crippen LogP contribution >= 0.6 is 0 Å². The highest BCUT2D eigenvalue weighted by molar-refractivity contribution is 5.97. The van der Waals surface area contributed by atoms with Crippen LogP contribution in [0.1, 0.15) is 56.8 Å². The third-order valence-electron chi connectivity index (χ3n) is 6.31. The van der Waals surface area contributed by atoms with Gasteiger partial charge >= 0.3 is 5.97 Å². The zero-order valence-electron chi connectivity index (χ0n) is 23.4. The molecule has 1 aliphatic carbocycles. The predicted molar refractivity (Wildman–Crippen MR) is 162 cm³/mol. The first-order valence-corrected chi connectivity index (χ1v) is 13.6. The molecule has 2 rings (SSSR count). The lowest BCUT2D eigenvalue weighted by atomic mass is 10.0. The lowest BCUT2D eigenvalue weighted by Crippen LogP contribution is -2.32. The van der Waals surface area contributed by atoms with Crippen LogP contribution in [0, 0.1) is 11.8 Å². The van der Waals surface area contributed by atoms with Crippen molar-refractivity contribution in [3.05, 3.63) is 85.1 Å². The quantitative estimate of drug-likeness (QED) is 0.181. The number of benzene rings is 1. The second-order valence-corrected chi connectivity index (χ2v) is 9.52. The molecule has 2 atom stereocenters. The van der Waals surface area contributed by atoms with Gasteiger partial charge in [0.25, 0.3) is 5.91 Å². The summed E-state index contributed by atoms with van der Waals surface area (Å²) in [7, 11) is 0. The second kappa shape index (κ2) is 17.5. The van der Waals surface area contributed by atoms with Crippen molar-refractivity contribution in [1.29, 1.82) is 0 Å². The normalized spacial score (nSPS) is 16.3. The van der Waals surface area contributed by atoms with E-state index in [9.17, 15) is 9.59 Å². The molecule has 0 aliphatic heterocycles. The number of allylic oxidation sites excluding steroid dienone is 8. The second-order valence-electron chi connectivity index (χ2n) is 9.52. The largest absolute Gasteiger partial charge is 0.481 e. The lowest BCUT2D eigenvalue weighted by molar-refractivity contribution is -0.141. The summed E-state index contributed by atoms with van der Waals surface area (Å²) in [5, 5.41) is 12.1. The van der Waals surface area contributed by atoms with Gasteiger partial charge < -0.3 is 15.3 Å². The molecule has 1 aromatic rings. The van der Waals surface area contributed by atoms with Gasteiger partial charge in [-0.05, 0) is 70.0 Å². The van der Waals surface area contributed by atoms with Crippen LogP contribution in [0.4, 0.5) is 11.4 Å². The zero-order valence-corrected chi connectivity index (χ0v) is 23.4. The molecule has 7 heteroatoms. The summed E-state index contributed by atoms with van der Waals surface area (Å²) in [4.78, 5) is 35.7. The molecular weight excluding hydrogens is 488 g/mol.